The number of unbranched alkanes of at least 4 members (excludes halogenated alkanes) is 9. The summed E-state index contributed by atoms with van der Waals surface area (Å²) in [6.45, 7) is 2.90. The number of aliphatic hydroxyl groups is 6. The third-order valence-corrected chi connectivity index (χ3v) is 12.9. The lowest BCUT2D eigenvalue weighted by Gasteiger charge is -2.47. The van der Waals surface area contributed by atoms with E-state index >= 15 is 0 Å². The van der Waals surface area contributed by atoms with Gasteiger partial charge in [-0.15, -0.1) is 0 Å². The Bertz CT molecular complexity index is 1970. The highest BCUT2D eigenvalue weighted by atomic mass is 16.7. The van der Waals surface area contributed by atoms with Crippen molar-refractivity contribution in [2.45, 2.75) is 203 Å². The Morgan fingerprint density at radius 2 is 1.22 bits per heavy atom. The van der Waals surface area contributed by atoms with E-state index in [1.807, 2.05) is 0 Å². The largest absolute Gasteiger partial charge is 0.481 e. The molecule has 2 heterocycles. The van der Waals surface area contributed by atoms with Crippen molar-refractivity contribution in [3.63, 3.8) is 0 Å². The van der Waals surface area contributed by atoms with Crippen molar-refractivity contribution in [1.29, 1.82) is 0 Å². The molecule has 2 aliphatic heterocycles. The Kier molecular flexibility index (Phi) is 30.2. The highest BCUT2D eigenvalue weighted by molar-refractivity contribution is 5.95. The number of benzene rings is 1. The number of hydrogen-bond acceptors (Lipinski definition) is 18. The first-order valence-corrected chi connectivity index (χ1v) is 26.2. The Labute approximate surface area is 442 Å². The molecule has 25 heteroatoms. The summed E-state index contributed by atoms with van der Waals surface area (Å²) in [5.41, 5.74) is 0.679. The van der Waals surface area contributed by atoms with Crippen LogP contribution in [0.15, 0.2) is 30.3 Å². The van der Waals surface area contributed by atoms with Crippen molar-refractivity contribution in [2.24, 2.45) is 0 Å². The van der Waals surface area contributed by atoms with E-state index in [0.717, 1.165) is 51.4 Å². The molecule has 13 atom stereocenters. The molecule has 3 rings (SSSR count). The number of nitrogens with one attached hydrogen (secondary N) is 6. The molecule has 2 aliphatic rings. The number of Topliss-reactive ketones (excluding diaryl/α,β-unsaturated/α-hetero) is 1. The molecule has 6 amide bonds. The van der Waals surface area contributed by atoms with Crippen molar-refractivity contribution in [3.05, 3.63) is 35.9 Å². The van der Waals surface area contributed by atoms with Gasteiger partial charge in [0.25, 0.3) is 0 Å². The van der Waals surface area contributed by atoms with Crippen LogP contribution in [0.2, 0.25) is 0 Å². The second-order valence-electron chi connectivity index (χ2n) is 19.3. The van der Waals surface area contributed by atoms with Crippen molar-refractivity contribution >= 4 is 47.2 Å². The van der Waals surface area contributed by atoms with E-state index in [0.29, 0.717) is 31.4 Å². The summed E-state index contributed by atoms with van der Waals surface area (Å²) in [6, 6.07) is 3.91. The Balaban J connectivity index is 1.34. The molecule has 2 saturated heterocycles. The first-order valence-electron chi connectivity index (χ1n) is 26.2. The molecule has 0 spiro atoms. The fourth-order valence-corrected chi connectivity index (χ4v) is 8.56. The van der Waals surface area contributed by atoms with Gasteiger partial charge in [-0.2, -0.15) is 0 Å². The Morgan fingerprint density at radius 1 is 0.618 bits per heavy atom. The fraction of sp³-hybridized carbons (Fsp3) is 0.725. The van der Waals surface area contributed by atoms with Gasteiger partial charge in [0.1, 0.15) is 72.7 Å². The van der Waals surface area contributed by atoms with E-state index in [1.54, 1.807) is 30.3 Å². The van der Waals surface area contributed by atoms with Crippen LogP contribution in [-0.4, -0.2) is 195 Å². The van der Waals surface area contributed by atoms with E-state index in [-0.39, 0.29) is 44.6 Å². The lowest BCUT2D eigenvalue weighted by molar-refractivity contribution is -0.348. The van der Waals surface area contributed by atoms with Crippen LogP contribution in [0.4, 0.5) is 0 Å². The van der Waals surface area contributed by atoms with Crippen LogP contribution in [-0.2, 0) is 63.7 Å². The average molecular weight is 1080 g/mol. The number of carbonyl (C=O) groups excluding carboxylic acids is 7. The molecule has 0 bridgehead atoms. The quantitative estimate of drug-likeness (QED) is 0.0331. The van der Waals surface area contributed by atoms with Crippen LogP contribution >= 0.6 is 0 Å². The number of ketones is 1. The Morgan fingerprint density at radius 3 is 1.83 bits per heavy atom. The summed E-state index contributed by atoms with van der Waals surface area (Å²) < 4.78 is 22.9. The number of carbonyl (C=O) groups is 8. The topological polar surface area (TPSA) is 387 Å². The van der Waals surface area contributed by atoms with Crippen LogP contribution in [0, 0.1) is 0 Å². The zero-order valence-electron chi connectivity index (χ0n) is 43.8. The van der Waals surface area contributed by atoms with Crippen LogP contribution in [0.25, 0.3) is 0 Å². The molecule has 13 N–H and O–H groups in total. The van der Waals surface area contributed by atoms with Gasteiger partial charge in [0.2, 0.25) is 35.4 Å². The van der Waals surface area contributed by atoms with Crippen LogP contribution in [0.3, 0.4) is 0 Å². The van der Waals surface area contributed by atoms with Gasteiger partial charge in [0.15, 0.2) is 12.6 Å². The third kappa shape index (κ3) is 23.6. The summed E-state index contributed by atoms with van der Waals surface area (Å²) in [5, 5.41) is 86.4. The molecule has 1 aromatic carbocycles. The predicted molar refractivity (Wildman–Crippen MR) is 269 cm³/mol. The minimum absolute atomic E-state index is 0.00122. The molecule has 0 unspecified atom stereocenters. The smallest absolute Gasteiger partial charge is 0.303 e. The SMILES string of the molecule is CC(=O)CCCC(=O)N[C@@H](C)C(=O)N[C@@H](CCC(=O)O)C(=O)N[C@@H](Cc1ccccc1)C(=O)NCC(=O)NCCCCCCCCCCCCO[C@@H]1O[C@H](CO)[C@@H](O[C@@H]2O[C@H](CO)[C@H](O)[C@H](O)[C@H]2O)[C@H](O)[C@H]1NC(C)=O. The van der Waals surface area contributed by atoms with E-state index < -0.39 is 141 Å². The van der Waals surface area contributed by atoms with Gasteiger partial charge in [-0.1, -0.05) is 81.7 Å². The van der Waals surface area contributed by atoms with E-state index in [9.17, 15) is 74.1 Å². The summed E-state index contributed by atoms with van der Waals surface area (Å²) in [4.78, 5) is 99.7. The molecule has 76 heavy (non-hydrogen) atoms. The van der Waals surface area contributed by atoms with Crippen molar-refractivity contribution in [1.82, 2.24) is 31.9 Å². The van der Waals surface area contributed by atoms with Gasteiger partial charge >= 0.3 is 5.97 Å². The highest BCUT2D eigenvalue weighted by Gasteiger charge is 2.51. The molecule has 2 fully saturated rings. The van der Waals surface area contributed by atoms with Crippen molar-refractivity contribution in [3.8, 4) is 0 Å². The molecule has 0 aromatic heterocycles. The molecular weight excluding hydrogens is 1000 g/mol. The zero-order valence-corrected chi connectivity index (χ0v) is 43.8. The van der Waals surface area contributed by atoms with Gasteiger partial charge < -0.3 is 91.4 Å². The summed E-state index contributed by atoms with van der Waals surface area (Å²) >= 11 is 0. The third-order valence-electron chi connectivity index (χ3n) is 12.9. The number of aliphatic hydroxyl groups excluding tert-OH is 6. The normalized spacial score (nSPS) is 24.5. The second kappa shape index (κ2) is 35.2. The van der Waals surface area contributed by atoms with Gasteiger partial charge in [-0.3, -0.25) is 33.6 Å². The number of amides is 6. The van der Waals surface area contributed by atoms with E-state index in [1.165, 1.54) is 20.8 Å². The van der Waals surface area contributed by atoms with Gasteiger partial charge in [0, 0.05) is 45.8 Å². The maximum Gasteiger partial charge on any atom is 0.303 e. The molecule has 0 radical (unpaired) electrons. The molecule has 1 aromatic rings. The molecular formula is C51H82N6O19. The standard InChI is InChI=1S/C51H82N6O19/c1-30(60)18-17-21-38(62)54-31(2)47(70)56-34(22-23-40(64)65)49(72)57-35(26-33-19-13-12-14-20-33)48(71)53-27-39(63)52-24-15-10-8-6-4-5-7-9-11-16-25-73-50-41(55-32(3)61)43(67)46(37(29-59)75-50)76-51-45(69)44(68)42(66)36(28-58)74-51/h12-14,19-20,31,34-37,41-46,50-51,58-59,66-69H,4-11,15-18,21-29H2,1-3H3,(H,52,63)(H,53,71)(H,54,62)(H,55,61)(H,56,70)(H,57,72)(H,64,65)/t31-,34-,35-,36+,37+,41+,42-,43+,44-,45+,46+,50+,51-/m0/s1. The van der Waals surface area contributed by atoms with E-state index in [2.05, 4.69) is 31.9 Å². The average Bonchev–Trinajstić information content (AvgIpc) is 3.38. The number of aliphatic carboxylic acids is 1. The molecule has 0 saturated carbocycles. The van der Waals surface area contributed by atoms with Gasteiger partial charge in [-0.25, -0.2) is 0 Å². The van der Waals surface area contributed by atoms with Crippen LogP contribution in [0.1, 0.15) is 123 Å². The van der Waals surface area contributed by atoms with Gasteiger partial charge in [-0.05, 0) is 45.1 Å². The minimum atomic E-state index is -1.77. The minimum Gasteiger partial charge on any atom is -0.481 e. The van der Waals surface area contributed by atoms with Crippen molar-refractivity contribution < 1.29 is 93.0 Å². The predicted octanol–water partition coefficient (Wildman–Crippen LogP) is -1.75. The molecule has 0 aliphatic carbocycles. The highest BCUT2D eigenvalue weighted by Crippen LogP contribution is 2.30. The number of carboxylic acid groups (broad SMARTS) is 1. The first kappa shape index (κ1) is 65.1. The Hall–Kier alpha value is -5.22. The molecule has 25 nitrogen and oxygen atoms in total. The maximum atomic E-state index is 13.6. The van der Waals surface area contributed by atoms with Crippen molar-refractivity contribution in [2.75, 3.05) is 32.9 Å². The number of hydrogen-bond donors (Lipinski definition) is 13. The van der Waals surface area contributed by atoms with Gasteiger partial charge in [0.05, 0.1) is 19.8 Å². The van der Waals surface area contributed by atoms with E-state index in [4.69, 9.17) is 18.9 Å². The first-order chi connectivity index (χ1) is 36.2. The summed E-state index contributed by atoms with van der Waals surface area (Å²) in [7, 11) is 0. The zero-order chi connectivity index (χ0) is 56.2. The van der Waals surface area contributed by atoms with Crippen LogP contribution in [0.5, 0.6) is 0 Å². The molecule has 430 valence electrons. The summed E-state index contributed by atoms with van der Waals surface area (Å²) in [6.07, 6.45) is -4.63. The number of carboxylic acids is 1. The number of rotatable bonds is 36. The fourth-order valence-electron chi connectivity index (χ4n) is 8.56. The maximum absolute atomic E-state index is 13.6. The summed E-state index contributed by atoms with van der Waals surface area (Å²) in [5.74, 6) is -5.02. The lowest BCUT2D eigenvalue weighted by Crippen LogP contribution is -2.67. The monoisotopic (exact) mass is 1080 g/mol. The number of ether oxygens (including phenoxy) is 4. The van der Waals surface area contributed by atoms with Crippen LogP contribution < -0.4 is 31.9 Å². The lowest BCUT2D eigenvalue weighted by atomic mass is 9.95. The second-order valence-corrected chi connectivity index (χ2v) is 19.3.